The van der Waals surface area contributed by atoms with Crippen LogP contribution in [0.1, 0.15) is 5.56 Å². The van der Waals surface area contributed by atoms with Gasteiger partial charge in [0.25, 0.3) is 5.56 Å². The van der Waals surface area contributed by atoms with Crippen LogP contribution in [-0.4, -0.2) is 43.2 Å². The molecule has 116 valence electrons. The fraction of sp³-hybridized carbons (Fsp3) is 0.375. The molecule has 2 heterocycles. The minimum absolute atomic E-state index is 0.0974. The number of rotatable bonds is 4. The lowest BCUT2D eigenvalue weighted by atomic mass is 10.2. The number of hydrogen-bond donors (Lipinski definition) is 0. The van der Waals surface area contributed by atoms with Crippen LogP contribution in [0, 0.1) is 0 Å². The van der Waals surface area contributed by atoms with Crippen molar-refractivity contribution in [2.75, 3.05) is 38.3 Å². The lowest BCUT2D eigenvalue weighted by Crippen LogP contribution is -2.37. The number of methoxy groups -OCH3 is 1. The first kappa shape index (κ1) is 14.6. The second kappa shape index (κ2) is 6.62. The van der Waals surface area contributed by atoms with Crippen LogP contribution >= 0.6 is 0 Å². The fourth-order valence-corrected chi connectivity index (χ4v) is 2.44. The molecule has 22 heavy (non-hydrogen) atoms. The molecule has 6 heteroatoms. The van der Waals surface area contributed by atoms with Gasteiger partial charge in [0, 0.05) is 19.2 Å². The molecule has 1 fully saturated rings. The van der Waals surface area contributed by atoms with E-state index in [4.69, 9.17) is 9.47 Å². The summed E-state index contributed by atoms with van der Waals surface area (Å²) in [5.74, 6) is 0.798. The molecular formula is C16H19N3O3. The quantitative estimate of drug-likeness (QED) is 0.847. The molecule has 1 aliphatic rings. The second-order valence-corrected chi connectivity index (χ2v) is 5.16. The first-order valence-corrected chi connectivity index (χ1v) is 7.29. The van der Waals surface area contributed by atoms with Crippen molar-refractivity contribution in [1.82, 2.24) is 9.78 Å². The van der Waals surface area contributed by atoms with Gasteiger partial charge in [0.05, 0.1) is 38.8 Å². The van der Waals surface area contributed by atoms with Crippen molar-refractivity contribution in [3.05, 3.63) is 52.4 Å². The highest BCUT2D eigenvalue weighted by Gasteiger charge is 2.12. The highest BCUT2D eigenvalue weighted by Crippen LogP contribution is 2.13. The van der Waals surface area contributed by atoms with Crippen molar-refractivity contribution in [2.24, 2.45) is 0 Å². The lowest BCUT2D eigenvalue weighted by Gasteiger charge is -2.28. The molecule has 0 unspecified atom stereocenters. The Kier molecular flexibility index (Phi) is 4.39. The van der Waals surface area contributed by atoms with Gasteiger partial charge >= 0.3 is 0 Å². The third-order valence-electron chi connectivity index (χ3n) is 3.72. The van der Waals surface area contributed by atoms with Crippen molar-refractivity contribution in [1.29, 1.82) is 0 Å². The van der Waals surface area contributed by atoms with Crippen LogP contribution in [0.3, 0.4) is 0 Å². The number of aromatic nitrogens is 2. The van der Waals surface area contributed by atoms with E-state index in [9.17, 15) is 4.79 Å². The minimum Gasteiger partial charge on any atom is -0.497 e. The molecule has 1 saturated heterocycles. The zero-order chi connectivity index (χ0) is 15.4. The number of hydrogen-bond acceptors (Lipinski definition) is 5. The standard InChI is InChI=1S/C16H19N3O3/c1-21-15-4-2-13(3-5-15)12-19-16(20)10-14(11-17-19)18-6-8-22-9-7-18/h2-5,10-11H,6-9,12H2,1H3. The van der Waals surface area contributed by atoms with Crippen LogP contribution in [0.2, 0.25) is 0 Å². The molecule has 0 spiro atoms. The van der Waals surface area contributed by atoms with Gasteiger partial charge in [-0.3, -0.25) is 4.79 Å². The van der Waals surface area contributed by atoms with Crippen molar-refractivity contribution in [2.45, 2.75) is 6.54 Å². The summed E-state index contributed by atoms with van der Waals surface area (Å²) < 4.78 is 11.9. The van der Waals surface area contributed by atoms with E-state index in [1.54, 1.807) is 19.4 Å². The molecule has 6 nitrogen and oxygen atoms in total. The average molecular weight is 301 g/mol. The molecule has 1 aromatic carbocycles. The van der Waals surface area contributed by atoms with E-state index in [1.807, 2.05) is 24.3 Å². The third-order valence-corrected chi connectivity index (χ3v) is 3.72. The molecule has 0 saturated carbocycles. The van der Waals surface area contributed by atoms with Crippen LogP contribution in [0.25, 0.3) is 0 Å². The summed E-state index contributed by atoms with van der Waals surface area (Å²) in [6.45, 7) is 3.42. The Hall–Kier alpha value is -2.34. The Labute approximate surface area is 128 Å². The van der Waals surface area contributed by atoms with Crippen molar-refractivity contribution in [3.63, 3.8) is 0 Å². The van der Waals surface area contributed by atoms with E-state index < -0.39 is 0 Å². The van der Waals surface area contributed by atoms with Crippen LogP contribution in [0.4, 0.5) is 5.69 Å². The van der Waals surface area contributed by atoms with E-state index >= 15 is 0 Å². The van der Waals surface area contributed by atoms with Gasteiger partial charge in [0.1, 0.15) is 5.75 Å². The molecular weight excluding hydrogens is 282 g/mol. The first-order chi connectivity index (χ1) is 10.8. The SMILES string of the molecule is COc1ccc(Cn2ncc(N3CCOCC3)cc2=O)cc1. The van der Waals surface area contributed by atoms with Gasteiger partial charge in [-0.25, -0.2) is 4.68 Å². The Balaban J connectivity index is 1.75. The molecule has 0 radical (unpaired) electrons. The highest BCUT2D eigenvalue weighted by molar-refractivity contribution is 5.43. The van der Waals surface area contributed by atoms with Crippen LogP contribution in [-0.2, 0) is 11.3 Å². The molecule has 0 amide bonds. The van der Waals surface area contributed by atoms with Crippen molar-refractivity contribution >= 4 is 5.69 Å². The molecule has 1 aliphatic heterocycles. The van der Waals surface area contributed by atoms with Crippen LogP contribution < -0.4 is 15.2 Å². The van der Waals surface area contributed by atoms with E-state index in [0.29, 0.717) is 19.8 Å². The largest absolute Gasteiger partial charge is 0.497 e. The Morgan fingerprint density at radius 3 is 2.59 bits per heavy atom. The topological polar surface area (TPSA) is 56.6 Å². The number of anilines is 1. The molecule has 1 aromatic heterocycles. The maximum Gasteiger partial charge on any atom is 0.269 e. The van der Waals surface area contributed by atoms with E-state index in [0.717, 1.165) is 30.1 Å². The normalized spacial score (nSPS) is 14.9. The second-order valence-electron chi connectivity index (χ2n) is 5.16. The number of morpholine rings is 1. The van der Waals surface area contributed by atoms with Crippen LogP contribution in [0.5, 0.6) is 5.75 Å². The Morgan fingerprint density at radius 1 is 1.23 bits per heavy atom. The molecule has 0 aliphatic carbocycles. The zero-order valence-corrected chi connectivity index (χ0v) is 12.6. The number of nitrogens with zero attached hydrogens (tertiary/aromatic N) is 3. The predicted octanol–water partition coefficient (Wildman–Crippen LogP) is 1.14. The average Bonchev–Trinajstić information content (AvgIpc) is 2.58. The number of benzene rings is 1. The van der Waals surface area contributed by atoms with Gasteiger partial charge in [-0.15, -0.1) is 0 Å². The van der Waals surface area contributed by atoms with Gasteiger partial charge in [0.15, 0.2) is 0 Å². The predicted molar refractivity (Wildman–Crippen MR) is 83.6 cm³/mol. The highest BCUT2D eigenvalue weighted by atomic mass is 16.5. The molecule has 0 N–H and O–H groups in total. The van der Waals surface area contributed by atoms with Crippen LogP contribution in [0.15, 0.2) is 41.3 Å². The van der Waals surface area contributed by atoms with Gasteiger partial charge < -0.3 is 14.4 Å². The molecule has 0 atom stereocenters. The van der Waals surface area contributed by atoms with Crippen molar-refractivity contribution < 1.29 is 9.47 Å². The Morgan fingerprint density at radius 2 is 1.95 bits per heavy atom. The molecule has 3 rings (SSSR count). The van der Waals surface area contributed by atoms with E-state index in [1.165, 1.54) is 4.68 Å². The van der Waals surface area contributed by atoms with Crippen molar-refractivity contribution in [3.8, 4) is 5.75 Å². The maximum atomic E-state index is 12.2. The summed E-state index contributed by atoms with van der Waals surface area (Å²) in [5.41, 5.74) is 1.77. The summed E-state index contributed by atoms with van der Waals surface area (Å²) in [4.78, 5) is 14.3. The molecule has 0 bridgehead atoms. The van der Waals surface area contributed by atoms with Gasteiger partial charge in [-0.05, 0) is 17.7 Å². The minimum atomic E-state index is -0.0974. The summed E-state index contributed by atoms with van der Waals surface area (Å²) in [7, 11) is 1.63. The zero-order valence-electron chi connectivity index (χ0n) is 12.6. The van der Waals surface area contributed by atoms with Gasteiger partial charge in [-0.1, -0.05) is 12.1 Å². The fourth-order valence-electron chi connectivity index (χ4n) is 2.44. The van der Waals surface area contributed by atoms with Gasteiger partial charge in [-0.2, -0.15) is 5.10 Å². The van der Waals surface area contributed by atoms with E-state index in [2.05, 4.69) is 10.00 Å². The third kappa shape index (κ3) is 3.28. The van der Waals surface area contributed by atoms with E-state index in [-0.39, 0.29) is 5.56 Å². The maximum absolute atomic E-state index is 12.2. The lowest BCUT2D eigenvalue weighted by molar-refractivity contribution is 0.122. The summed E-state index contributed by atoms with van der Waals surface area (Å²) in [5, 5.41) is 4.28. The Bertz CT molecular complexity index is 676. The first-order valence-electron chi connectivity index (χ1n) is 7.29. The molecule has 2 aromatic rings. The monoisotopic (exact) mass is 301 g/mol. The summed E-state index contributed by atoms with van der Waals surface area (Å²) in [6, 6.07) is 9.26. The summed E-state index contributed by atoms with van der Waals surface area (Å²) in [6.07, 6.45) is 1.75. The smallest absolute Gasteiger partial charge is 0.269 e. The summed E-state index contributed by atoms with van der Waals surface area (Å²) >= 11 is 0. The number of ether oxygens (including phenoxy) is 2. The van der Waals surface area contributed by atoms with Gasteiger partial charge in [0.2, 0.25) is 0 Å².